The largest absolute Gasteiger partial charge is 0.378 e. The van der Waals surface area contributed by atoms with Crippen molar-refractivity contribution < 1.29 is 0 Å². The fourth-order valence-corrected chi connectivity index (χ4v) is 2.68. The predicted molar refractivity (Wildman–Crippen MR) is 112 cm³/mol. The number of aliphatic imine (C=N–C) groups is 1. The molecule has 6 heteroatoms. The molecule has 4 nitrogen and oxygen atoms in total. The van der Waals surface area contributed by atoms with Crippen LogP contribution in [0.25, 0.3) is 0 Å². The van der Waals surface area contributed by atoms with Gasteiger partial charge in [-0.1, -0.05) is 12.1 Å². The molecule has 0 aliphatic heterocycles. The lowest BCUT2D eigenvalue weighted by atomic mass is 10.2. The molecule has 0 amide bonds. The Hall–Kier alpha value is -1.28. The highest BCUT2D eigenvalue weighted by atomic mass is 127. The maximum absolute atomic E-state index is 4.62. The molecule has 0 aliphatic carbocycles. The first-order valence-corrected chi connectivity index (χ1v) is 8.43. The van der Waals surface area contributed by atoms with Crippen molar-refractivity contribution >= 4 is 47.0 Å². The van der Waals surface area contributed by atoms with Gasteiger partial charge in [0.05, 0.1) is 6.54 Å². The Labute approximate surface area is 160 Å². The summed E-state index contributed by atoms with van der Waals surface area (Å²) in [5.74, 6) is 0.851. The Balaban J connectivity index is 0.00000264. The van der Waals surface area contributed by atoms with Crippen LogP contribution >= 0.6 is 35.3 Å². The van der Waals surface area contributed by atoms with E-state index in [0.29, 0.717) is 6.54 Å². The van der Waals surface area contributed by atoms with Crippen LogP contribution in [0.1, 0.15) is 18.1 Å². The summed E-state index contributed by atoms with van der Waals surface area (Å²) in [6, 6.07) is 10.6. The third kappa shape index (κ3) is 6.78. The average molecular weight is 444 g/mol. The van der Waals surface area contributed by atoms with Crippen LogP contribution in [0.15, 0.2) is 46.1 Å². The van der Waals surface area contributed by atoms with Crippen LogP contribution in [0.4, 0.5) is 5.69 Å². The molecule has 1 heterocycles. The van der Waals surface area contributed by atoms with Crippen molar-refractivity contribution in [1.29, 1.82) is 0 Å². The maximum atomic E-state index is 4.62. The number of rotatable bonds is 6. The smallest absolute Gasteiger partial charge is 0.191 e. The van der Waals surface area contributed by atoms with Crippen molar-refractivity contribution in [1.82, 2.24) is 10.6 Å². The number of benzene rings is 1. The number of hydrogen-bond acceptors (Lipinski definition) is 3. The van der Waals surface area contributed by atoms with Gasteiger partial charge in [0.2, 0.25) is 0 Å². The van der Waals surface area contributed by atoms with Gasteiger partial charge in [-0.15, -0.1) is 24.0 Å². The van der Waals surface area contributed by atoms with Gasteiger partial charge in [-0.3, -0.25) is 0 Å². The predicted octanol–water partition coefficient (Wildman–Crippen LogP) is 3.69. The fourth-order valence-electron chi connectivity index (χ4n) is 2.03. The van der Waals surface area contributed by atoms with E-state index in [4.69, 9.17) is 0 Å². The van der Waals surface area contributed by atoms with E-state index < -0.39 is 0 Å². The first kappa shape index (κ1) is 19.8. The molecule has 2 aromatic rings. The van der Waals surface area contributed by atoms with E-state index in [9.17, 15) is 0 Å². The molecule has 1 aromatic heterocycles. The third-order valence-corrected chi connectivity index (χ3v) is 3.96. The molecular formula is C17H25IN4S. The molecule has 0 saturated heterocycles. The van der Waals surface area contributed by atoms with Crippen molar-refractivity contribution in [3.05, 3.63) is 52.2 Å². The Morgan fingerprint density at radius 1 is 1.17 bits per heavy atom. The molecule has 0 saturated carbocycles. The Kier molecular flexibility index (Phi) is 9.01. The Bertz CT molecular complexity index is 596. The van der Waals surface area contributed by atoms with Crippen molar-refractivity contribution in [2.45, 2.75) is 20.0 Å². The number of guanidine groups is 1. The quantitative estimate of drug-likeness (QED) is 0.406. The van der Waals surface area contributed by atoms with Crippen molar-refractivity contribution in [2.75, 3.05) is 25.5 Å². The lowest BCUT2D eigenvalue weighted by Gasteiger charge is -2.15. The molecule has 126 valence electrons. The molecule has 0 unspecified atom stereocenters. The molecule has 0 bridgehead atoms. The minimum Gasteiger partial charge on any atom is -0.378 e. The zero-order valence-corrected chi connectivity index (χ0v) is 17.0. The number of halogens is 1. The summed E-state index contributed by atoms with van der Waals surface area (Å²) >= 11 is 1.70. The van der Waals surface area contributed by atoms with Gasteiger partial charge in [0, 0.05) is 32.9 Å². The molecular weight excluding hydrogens is 419 g/mol. The number of anilines is 1. The summed E-state index contributed by atoms with van der Waals surface area (Å²) in [4.78, 5) is 6.73. The van der Waals surface area contributed by atoms with Gasteiger partial charge in [-0.25, -0.2) is 4.99 Å². The molecule has 1 aromatic carbocycles. The van der Waals surface area contributed by atoms with Crippen LogP contribution in [-0.2, 0) is 13.1 Å². The van der Waals surface area contributed by atoms with Crippen LogP contribution in [0, 0.1) is 0 Å². The second-order valence-electron chi connectivity index (χ2n) is 5.24. The minimum absolute atomic E-state index is 0. The molecule has 0 atom stereocenters. The van der Waals surface area contributed by atoms with E-state index in [1.165, 1.54) is 16.8 Å². The number of nitrogens with one attached hydrogen (secondary N) is 2. The van der Waals surface area contributed by atoms with E-state index >= 15 is 0 Å². The van der Waals surface area contributed by atoms with Crippen molar-refractivity contribution in [3.63, 3.8) is 0 Å². The van der Waals surface area contributed by atoms with E-state index in [0.717, 1.165) is 19.0 Å². The van der Waals surface area contributed by atoms with Crippen LogP contribution in [0.2, 0.25) is 0 Å². The molecule has 0 aliphatic rings. The summed E-state index contributed by atoms with van der Waals surface area (Å²) in [7, 11) is 4.11. The van der Waals surface area contributed by atoms with Gasteiger partial charge < -0.3 is 15.5 Å². The monoisotopic (exact) mass is 444 g/mol. The van der Waals surface area contributed by atoms with E-state index in [1.54, 1.807) is 11.3 Å². The summed E-state index contributed by atoms with van der Waals surface area (Å²) < 4.78 is 0. The number of nitrogens with zero attached hydrogens (tertiary/aromatic N) is 2. The molecule has 0 fully saturated rings. The van der Waals surface area contributed by atoms with E-state index in [-0.39, 0.29) is 24.0 Å². The SMILES string of the molecule is CCNC(=NCc1ccsc1)NCc1cccc(N(C)C)c1.I. The zero-order valence-electron chi connectivity index (χ0n) is 13.9. The van der Waals surface area contributed by atoms with Crippen LogP contribution < -0.4 is 15.5 Å². The standard InChI is InChI=1S/C17H24N4S.HI/c1-4-18-17(20-12-15-8-9-22-13-15)19-11-14-6-5-7-16(10-14)21(2)3;/h5-10,13H,4,11-12H2,1-3H3,(H2,18,19,20);1H. The summed E-state index contributed by atoms with van der Waals surface area (Å²) in [5, 5.41) is 10.9. The lowest BCUT2D eigenvalue weighted by Crippen LogP contribution is -2.36. The highest BCUT2D eigenvalue weighted by Crippen LogP contribution is 2.13. The van der Waals surface area contributed by atoms with Gasteiger partial charge >= 0.3 is 0 Å². The number of thiophene rings is 1. The van der Waals surface area contributed by atoms with Crippen molar-refractivity contribution in [2.24, 2.45) is 4.99 Å². The molecule has 0 spiro atoms. The number of hydrogen-bond donors (Lipinski definition) is 2. The fraction of sp³-hybridized carbons (Fsp3) is 0.353. The molecule has 23 heavy (non-hydrogen) atoms. The zero-order chi connectivity index (χ0) is 15.8. The van der Waals surface area contributed by atoms with Crippen molar-refractivity contribution in [3.8, 4) is 0 Å². The van der Waals surface area contributed by atoms with Crippen LogP contribution in [0.3, 0.4) is 0 Å². The highest BCUT2D eigenvalue weighted by molar-refractivity contribution is 14.0. The summed E-state index contributed by atoms with van der Waals surface area (Å²) in [5.41, 5.74) is 3.70. The molecule has 0 radical (unpaired) electrons. The minimum atomic E-state index is 0. The normalized spacial score (nSPS) is 10.8. The van der Waals surface area contributed by atoms with Gasteiger partial charge in [0.15, 0.2) is 5.96 Å². The van der Waals surface area contributed by atoms with Gasteiger partial charge in [-0.2, -0.15) is 11.3 Å². The highest BCUT2D eigenvalue weighted by Gasteiger charge is 2.01. The first-order valence-electron chi connectivity index (χ1n) is 7.48. The molecule has 2 N–H and O–H groups in total. The van der Waals surface area contributed by atoms with Crippen LogP contribution in [0.5, 0.6) is 0 Å². The third-order valence-electron chi connectivity index (χ3n) is 3.23. The van der Waals surface area contributed by atoms with Gasteiger partial charge in [-0.05, 0) is 47.0 Å². The van der Waals surface area contributed by atoms with Crippen LogP contribution in [-0.4, -0.2) is 26.6 Å². The lowest BCUT2D eigenvalue weighted by molar-refractivity contribution is 0.816. The first-order chi connectivity index (χ1) is 10.7. The van der Waals surface area contributed by atoms with Gasteiger partial charge in [0.25, 0.3) is 0 Å². The Morgan fingerprint density at radius 3 is 2.65 bits per heavy atom. The van der Waals surface area contributed by atoms with E-state index in [1.807, 2.05) is 0 Å². The summed E-state index contributed by atoms with van der Waals surface area (Å²) in [6.07, 6.45) is 0. The maximum Gasteiger partial charge on any atom is 0.191 e. The van der Waals surface area contributed by atoms with E-state index in [2.05, 4.69) is 82.6 Å². The molecule has 2 rings (SSSR count). The second-order valence-corrected chi connectivity index (χ2v) is 6.02. The summed E-state index contributed by atoms with van der Waals surface area (Å²) in [6.45, 7) is 4.40. The second kappa shape index (κ2) is 10.5. The van der Waals surface area contributed by atoms with Gasteiger partial charge in [0.1, 0.15) is 0 Å². The Morgan fingerprint density at radius 2 is 2.00 bits per heavy atom. The topological polar surface area (TPSA) is 39.7 Å². The average Bonchev–Trinajstić information content (AvgIpc) is 3.03.